The molecule has 1 aromatic heterocycles. The van der Waals surface area contributed by atoms with Crippen molar-refractivity contribution in [3.63, 3.8) is 0 Å². The maximum atomic E-state index is 11.8. The van der Waals surface area contributed by atoms with Crippen LogP contribution in [0.4, 0.5) is 11.5 Å². The van der Waals surface area contributed by atoms with Gasteiger partial charge in [0, 0.05) is 13.1 Å². The normalized spacial score (nSPS) is 17.5. The highest BCUT2D eigenvalue weighted by Gasteiger charge is 2.27. The van der Waals surface area contributed by atoms with Gasteiger partial charge in [0.1, 0.15) is 0 Å². The molecule has 0 fully saturated rings. The van der Waals surface area contributed by atoms with E-state index in [1.165, 1.54) is 0 Å². The average Bonchev–Trinajstić information content (AvgIpc) is 2.47. The van der Waals surface area contributed by atoms with Gasteiger partial charge in [-0.15, -0.1) is 0 Å². The molecule has 4 heteroatoms. The van der Waals surface area contributed by atoms with Crippen LogP contribution in [0.5, 0.6) is 0 Å². The molecule has 1 amide bonds. The van der Waals surface area contributed by atoms with E-state index in [4.69, 9.17) is 0 Å². The maximum Gasteiger partial charge on any atom is 0.224 e. The third-order valence-electron chi connectivity index (χ3n) is 3.34. The first kappa shape index (κ1) is 11.7. The highest BCUT2D eigenvalue weighted by molar-refractivity contribution is 5.95. The quantitative estimate of drug-likeness (QED) is 0.849. The Balaban J connectivity index is 1.99. The number of fused-ring (bicyclic) bond motifs is 1. The lowest BCUT2D eigenvalue weighted by molar-refractivity contribution is -0.116. The molecule has 0 radical (unpaired) electrons. The smallest absolute Gasteiger partial charge is 0.224 e. The van der Waals surface area contributed by atoms with E-state index in [1.807, 2.05) is 30.3 Å². The Bertz CT molecular complexity index is 597. The molecule has 0 spiro atoms. The van der Waals surface area contributed by atoms with E-state index < -0.39 is 0 Å². The molecular weight excluding hydrogens is 238 g/mol. The molecule has 19 heavy (non-hydrogen) atoms. The van der Waals surface area contributed by atoms with Crippen LogP contribution in [0.3, 0.4) is 0 Å². The van der Waals surface area contributed by atoms with Gasteiger partial charge in [-0.05, 0) is 17.7 Å². The van der Waals surface area contributed by atoms with E-state index in [2.05, 4.69) is 22.4 Å². The van der Waals surface area contributed by atoms with Gasteiger partial charge >= 0.3 is 0 Å². The van der Waals surface area contributed by atoms with E-state index in [9.17, 15) is 4.79 Å². The number of nitrogens with one attached hydrogen (secondary N) is 1. The van der Waals surface area contributed by atoms with Crippen LogP contribution in [-0.2, 0) is 4.79 Å². The number of rotatable bonds is 1. The van der Waals surface area contributed by atoms with Crippen LogP contribution in [0, 0.1) is 0 Å². The van der Waals surface area contributed by atoms with Crippen LogP contribution in [0.25, 0.3) is 0 Å². The summed E-state index contributed by atoms with van der Waals surface area (Å²) in [5.74, 6) is 0.800. The number of aromatic nitrogens is 1. The SMILES string of the molecule is CC(=O)N1CC(c2ccccc2)Nc2ncccc21. The van der Waals surface area contributed by atoms with Crippen LogP contribution in [0.1, 0.15) is 18.5 Å². The van der Waals surface area contributed by atoms with E-state index in [1.54, 1.807) is 18.0 Å². The molecule has 0 bridgehead atoms. The average molecular weight is 253 g/mol. The molecular formula is C15H15N3O. The highest BCUT2D eigenvalue weighted by atomic mass is 16.2. The second-order valence-electron chi connectivity index (χ2n) is 4.61. The number of benzene rings is 1. The molecule has 1 atom stereocenters. The standard InChI is InChI=1S/C15H15N3O/c1-11(19)18-10-13(12-6-3-2-4-7-12)17-15-14(18)8-5-9-16-15/h2-9,13H,10H2,1H3,(H,16,17). The lowest BCUT2D eigenvalue weighted by atomic mass is 10.0. The summed E-state index contributed by atoms with van der Waals surface area (Å²) in [4.78, 5) is 17.9. The summed E-state index contributed by atoms with van der Waals surface area (Å²) in [6, 6.07) is 13.9. The first-order chi connectivity index (χ1) is 9.25. The second kappa shape index (κ2) is 4.72. The van der Waals surface area contributed by atoms with E-state index in [0.29, 0.717) is 6.54 Å². The van der Waals surface area contributed by atoms with Gasteiger partial charge in [-0.25, -0.2) is 4.98 Å². The van der Waals surface area contributed by atoms with Gasteiger partial charge in [-0.3, -0.25) is 4.79 Å². The van der Waals surface area contributed by atoms with Gasteiger partial charge in [0.25, 0.3) is 0 Å². The molecule has 96 valence electrons. The Hall–Kier alpha value is -2.36. The van der Waals surface area contributed by atoms with Gasteiger partial charge in [0.05, 0.1) is 18.3 Å². The topological polar surface area (TPSA) is 45.2 Å². The van der Waals surface area contributed by atoms with Crippen molar-refractivity contribution in [2.75, 3.05) is 16.8 Å². The number of amides is 1. The van der Waals surface area contributed by atoms with Crippen LogP contribution in [-0.4, -0.2) is 17.4 Å². The zero-order valence-corrected chi connectivity index (χ0v) is 10.7. The number of carbonyl (C=O) groups is 1. The maximum absolute atomic E-state index is 11.8. The minimum absolute atomic E-state index is 0.0386. The molecule has 4 nitrogen and oxygen atoms in total. The molecule has 1 N–H and O–H groups in total. The Morgan fingerprint density at radius 1 is 1.26 bits per heavy atom. The van der Waals surface area contributed by atoms with Crippen molar-refractivity contribution in [3.05, 3.63) is 54.2 Å². The number of anilines is 2. The molecule has 0 aliphatic carbocycles. The van der Waals surface area contributed by atoms with E-state index in [-0.39, 0.29) is 11.9 Å². The van der Waals surface area contributed by atoms with Crippen molar-refractivity contribution in [2.24, 2.45) is 0 Å². The van der Waals surface area contributed by atoms with Crippen LogP contribution in [0.2, 0.25) is 0 Å². The predicted octanol–water partition coefficient (Wildman–Crippen LogP) is 2.60. The van der Waals surface area contributed by atoms with Crippen molar-refractivity contribution < 1.29 is 4.79 Å². The van der Waals surface area contributed by atoms with Crippen molar-refractivity contribution in [1.29, 1.82) is 0 Å². The Labute approximate surface area is 112 Å². The van der Waals surface area contributed by atoms with Gasteiger partial charge in [-0.2, -0.15) is 0 Å². The summed E-state index contributed by atoms with van der Waals surface area (Å²) in [5.41, 5.74) is 2.01. The largest absolute Gasteiger partial charge is 0.360 e. The number of hydrogen-bond acceptors (Lipinski definition) is 3. The number of pyridine rings is 1. The minimum atomic E-state index is 0.0386. The zero-order chi connectivity index (χ0) is 13.2. The zero-order valence-electron chi connectivity index (χ0n) is 10.7. The van der Waals surface area contributed by atoms with Gasteiger partial charge in [0.15, 0.2) is 5.82 Å². The summed E-state index contributed by atoms with van der Waals surface area (Å²) in [5, 5.41) is 3.39. The Morgan fingerprint density at radius 2 is 2.05 bits per heavy atom. The molecule has 2 heterocycles. The summed E-state index contributed by atoms with van der Waals surface area (Å²) in [7, 11) is 0. The first-order valence-electron chi connectivity index (χ1n) is 6.30. The lowest BCUT2D eigenvalue weighted by Gasteiger charge is -2.34. The van der Waals surface area contributed by atoms with Gasteiger partial charge in [0.2, 0.25) is 5.91 Å². The highest BCUT2D eigenvalue weighted by Crippen LogP contribution is 2.33. The molecule has 1 unspecified atom stereocenters. The molecule has 1 aliphatic rings. The first-order valence-corrected chi connectivity index (χ1v) is 6.30. The van der Waals surface area contributed by atoms with Crippen LogP contribution < -0.4 is 10.2 Å². The second-order valence-corrected chi connectivity index (χ2v) is 4.61. The van der Waals surface area contributed by atoms with Crippen LogP contribution in [0.15, 0.2) is 48.7 Å². The molecule has 2 aromatic rings. The van der Waals surface area contributed by atoms with Crippen molar-refractivity contribution in [1.82, 2.24) is 4.98 Å². The summed E-state index contributed by atoms with van der Waals surface area (Å²) < 4.78 is 0. The fourth-order valence-corrected chi connectivity index (χ4v) is 2.39. The Morgan fingerprint density at radius 3 is 2.79 bits per heavy atom. The number of hydrogen-bond donors (Lipinski definition) is 1. The van der Waals surface area contributed by atoms with E-state index in [0.717, 1.165) is 17.1 Å². The van der Waals surface area contributed by atoms with Crippen molar-refractivity contribution in [3.8, 4) is 0 Å². The third-order valence-corrected chi connectivity index (χ3v) is 3.34. The van der Waals surface area contributed by atoms with Gasteiger partial charge < -0.3 is 10.2 Å². The molecule has 3 rings (SSSR count). The molecule has 1 aliphatic heterocycles. The van der Waals surface area contributed by atoms with E-state index >= 15 is 0 Å². The van der Waals surface area contributed by atoms with Gasteiger partial charge in [-0.1, -0.05) is 30.3 Å². The summed E-state index contributed by atoms with van der Waals surface area (Å²) in [6.07, 6.45) is 1.73. The van der Waals surface area contributed by atoms with Crippen LogP contribution >= 0.6 is 0 Å². The predicted molar refractivity (Wildman–Crippen MR) is 75.1 cm³/mol. The summed E-state index contributed by atoms with van der Waals surface area (Å²) >= 11 is 0. The third kappa shape index (κ3) is 2.17. The van der Waals surface area contributed by atoms with Crippen molar-refractivity contribution in [2.45, 2.75) is 13.0 Å². The Kier molecular flexibility index (Phi) is 2.91. The lowest BCUT2D eigenvalue weighted by Crippen LogP contribution is -2.39. The minimum Gasteiger partial charge on any atom is -0.360 e. The number of nitrogens with zero attached hydrogens (tertiary/aromatic N) is 2. The fourth-order valence-electron chi connectivity index (χ4n) is 2.39. The summed E-state index contributed by atoms with van der Waals surface area (Å²) in [6.45, 7) is 2.21. The number of carbonyl (C=O) groups excluding carboxylic acids is 1. The van der Waals surface area contributed by atoms with Crippen molar-refractivity contribution >= 4 is 17.4 Å². The fraction of sp³-hybridized carbons (Fsp3) is 0.200. The monoisotopic (exact) mass is 253 g/mol. The molecule has 0 saturated heterocycles. The molecule has 0 saturated carbocycles. The molecule has 1 aromatic carbocycles.